The second kappa shape index (κ2) is 10.5. The second-order valence-corrected chi connectivity index (χ2v) is 7.28. The van der Waals surface area contributed by atoms with Crippen LogP contribution in [0.1, 0.15) is 15.2 Å². The Balaban J connectivity index is 1.59. The van der Waals surface area contributed by atoms with E-state index in [2.05, 4.69) is 25.9 Å². The van der Waals surface area contributed by atoms with Gasteiger partial charge in [-0.2, -0.15) is 0 Å². The third-order valence-corrected chi connectivity index (χ3v) is 4.86. The van der Waals surface area contributed by atoms with Crippen LogP contribution in [0.15, 0.2) is 60.9 Å². The molecule has 0 spiro atoms. The van der Waals surface area contributed by atoms with Crippen molar-refractivity contribution in [3.8, 4) is 0 Å². The highest BCUT2D eigenvalue weighted by Gasteiger charge is 2.10. The molecule has 0 aliphatic rings. The van der Waals surface area contributed by atoms with Crippen LogP contribution in [-0.2, 0) is 6.54 Å². The quantitative estimate of drug-likeness (QED) is 0.342. The Morgan fingerprint density at radius 2 is 2.10 bits per heavy atom. The van der Waals surface area contributed by atoms with Crippen molar-refractivity contribution < 1.29 is 9.18 Å². The molecule has 29 heavy (non-hydrogen) atoms. The van der Waals surface area contributed by atoms with E-state index in [1.165, 1.54) is 29.5 Å². The fraction of sp³-hybridized carbons (Fsp3) is 0.150. The van der Waals surface area contributed by atoms with Gasteiger partial charge in [-0.25, -0.2) is 14.4 Å². The summed E-state index contributed by atoms with van der Waals surface area (Å²) in [4.78, 5) is 21.6. The molecule has 0 aliphatic carbocycles. The predicted octanol–water partition coefficient (Wildman–Crippen LogP) is 4.56. The Labute approximate surface area is 176 Å². The maximum atomic E-state index is 14.1. The van der Waals surface area contributed by atoms with Gasteiger partial charge in [0.1, 0.15) is 11.6 Å². The molecule has 150 valence electrons. The van der Waals surface area contributed by atoms with Crippen LogP contribution in [0.4, 0.5) is 21.0 Å². The number of pyridine rings is 1. The molecule has 0 bridgehead atoms. The number of carbonyl (C=O) groups excluding carboxylic acids is 1. The fourth-order valence-electron chi connectivity index (χ4n) is 2.38. The summed E-state index contributed by atoms with van der Waals surface area (Å²) in [5.41, 5.74) is 0.622. The standard InChI is InChI=1S/C20H19ClFN5OS/c21-8-2-4-10-24-19(28)14-6-7-16(22)17(11-14)25-12-15-13-26-20(29-15)27-18-5-1-3-9-23-18/h1-7,9,11,13,25H,8,10,12H2,(H,24,28)(H,23,26,27)/b4-2-. The molecule has 0 saturated carbocycles. The molecule has 0 saturated heterocycles. The van der Waals surface area contributed by atoms with E-state index in [9.17, 15) is 9.18 Å². The maximum Gasteiger partial charge on any atom is 0.251 e. The summed E-state index contributed by atoms with van der Waals surface area (Å²) >= 11 is 6.97. The summed E-state index contributed by atoms with van der Waals surface area (Å²) in [7, 11) is 0. The van der Waals surface area contributed by atoms with Crippen LogP contribution in [0.5, 0.6) is 0 Å². The molecule has 3 rings (SSSR count). The minimum atomic E-state index is -0.431. The molecule has 6 nitrogen and oxygen atoms in total. The smallest absolute Gasteiger partial charge is 0.251 e. The third kappa shape index (κ3) is 6.27. The minimum Gasteiger partial charge on any atom is -0.378 e. The molecule has 0 unspecified atom stereocenters. The number of aromatic nitrogens is 2. The molecule has 1 amide bonds. The average Bonchev–Trinajstić information content (AvgIpc) is 3.18. The first-order valence-electron chi connectivity index (χ1n) is 8.81. The summed E-state index contributed by atoms with van der Waals surface area (Å²) in [6.45, 7) is 0.737. The zero-order chi connectivity index (χ0) is 20.5. The molecular weight excluding hydrogens is 413 g/mol. The van der Waals surface area contributed by atoms with Crippen molar-refractivity contribution in [1.29, 1.82) is 0 Å². The first-order chi connectivity index (χ1) is 14.2. The van der Waals surface area contributed by atoms with Gasteiger partial charge in [0.25, 0.3) is 5.91 Å². The molecule has 3 N–H and O–H groups in total. The van der Waals surface area contributed by atoms with Gasteiger partial charge in [0.05, 0.1) is 12.2 Å². The topological polar surface area (TPSA) is 78.9 Å². The van der Waals surface area contributed by atoms with Gasteiger partial charge < -0.3 is 16.0 Å². The summed E-state index contributed by atoms with van der Waals surface area (Å²) in [5, 5.41) is 9.55. The number of amides is 1. The largest absolute Gasteiger partial charge is 0.378 e. The third-order valence-electron chi connectivity index (χ3n) is 3.77. The molecule has 3 aromatic rings. The van der Waals surface area contributed by atoms with E-state index >= 15 is 0 Å². The molecule has 2 aromatic heterocycles. The van der Waals surface area contributed by atoms with Gasteiger partial charge >= 0.3 is 0 Å². The van der Waals surface area contributed by atoms with Gasteiger partial charge in [0, 0.05) is 35.3 Å². The van der Waals surface area contributed by atoms with Crippen molar-refractivity contribution in [3.63, 3.8) is 0 Å². The van der Waals surface area contributed by atoms with Crippen LogP contribution in [-0.4, -0.2) is 28.3 Å². The molecule has 2 heterocycles. The van der Waals surface area contributed by atoms with Gasteiger partial charge in [-0.05, 0) is 30.3 Å². The number of anilines is 3. The average molecular weight is 432 g/mol. The Kier molecular flexibility index (Phi) is 7.54. The number of benzene rings is 1. The molecule has 0 atom stereocenters. The van der Waals surface area contributed by atoms with Crippen molar-refractivity contribution in [2.75, 3.05) is 23.1 Å². The van der Waals surface area contributed by atoms with Crippen LogP contribution >= 0.6 is 22.9 Å². The fourth-order valence-corrected chi connectivity index (χ4v) is 3.26. The highest BCUT2D eigenvalue weighted by atomic mass is 35.5. The number of carbonyl (C=O) groups is 1. The minimum absolute atomic E-state index is 0.251. The van der Waals surface area contributed by atoms with Crippen LogP contribution in [0.3, 0.4) is 0 Å². The van der Waals surface area contributed by atoms with E-state index in [1.807, 2.05) is 18.2 Å². The number of hydrogen-bond donors (Lipinski definition) is 3. The van der Waals surface area contributed by atoms with Crippen molar-refractivity contribution in [3.05, 3.63) is 77.2 Å². The summed E-state index contributed by atoms with van der Waals surface area (Å²) in [6.07, 6.45) is 6.90. The molecule has 9 heteroatoms. The molecule has 0 fully saturated rings. The van der Waals surface area contributed by atoms with Crippen molar-refractivity contribution in [1.82, 2.24) is 15.3 Å². The zero-order valence-electron chi connectivity index (χ0n) is 15.4. The van der Waals surface area contributed by atoms with Gasteiger partial charge in [0.15, 0.2) is 5.13 Å². The number of nitrogens with one attached hydrogen (secondary N) is 3. The SMILES string of the molecule is O=C(NC/C=C\CCl)c1ccc(F)c(NCc2cnc(Nc3ccccn3)s2)c1. The first kappa shape index (κ1) is 20.8. The van der Waals surface area contributed by atoms with Crippen molar-refractivity contribution in [2.24, 2.45) is 0 Å². The van der Waals surface area contributed by atoms with E-state index in [-0.39, 0.29) is 11.6 Å². The summed E-state index contributed by atoms with van der Waals surface area (Å²) in [5.74, 6) is 0.371. The van der Waals surface area contributed by atoms with Gasteiger partial charge in [-0.3, -0.25) is 4.79 Å². The Hall–Kier alpha value is -2.97. The van der Waals surface area contributed by atoms with Crippen LogP contribution in [0.25, 0.3) is 0 Å². The van der Waals surface area contributed by atoms with E-state index in [0.717, 1.165) is 4.88 Å². The number of nitrogens with zero attached hydrogens (tertiary/aromatic N) is 2. The first-order valence-corrected chi connectivity index (χ1v) is 10.2. The molecule has 0 aliphatic heterocycles. The lowest BCUT2D eigenvalue weighted by Crippen LogP contribution is -2.23. The molecular formula is C20H19ClFN5OS. The number of rotatable bonds is 9. The van der Waals surface area contributed by atoms with Gasteiger partial charge in [-0.1, -0.05) is 29.6 Å². The predicted molar refractivity (Wildman–Crippen MR) is 116 cm³/mol. The summed E-state index contributed by atoms with van der Waals surface area (Å²) in [6, 6.07) is 9.77. The summed E-state index contributed by atoms with van der Waals surface area (Å²) < 4.78 is 14.1. The Morgan fingerprint density at radius 3 is 2.90 bits per heavy atom. The number of hydrogen-bond acceptors (Lipinski definition) is 6. The van der Waals surface area contributed by atoms with E-state index in [0.29, 0.717) is 35.5 Å². The lowest BCUT2D eigenvalue weighted by atomic mass is 10.1. The lowest BCUT2D eigenvalue weighted by Gasteiger charge is -2.09. The van der Waals surface area contributed by atoms with E-state index in [4.69, 9.17) is 11.6 Å². The zero-order valence-corrected chi connectivity index (χ0v) is 16.9. The maximum absolute atomic E-state index is 14.1. The van der Waals surface area contributed by atoms with Crippen molar-refractivity contribution in [2.45, 2.75) is 6.54 Å². The second-order valence-electron chi connectivity index (χ2n) is 5.86. The normalized spacial score (nSPS) is 10.8. The van der Waals surface area contributed by atoms with Gasteiger partial charge in [0.2, 0.25) is 0 Å². The lowest BCUT2D eigenvalue weighted by molar-refractivity contribution is 0.0958. The highest BCUT2D eigenvalue weighted by Crippen LogP contribution is 2.23. The highest BCUT2D eigenvalue weighted by molar-refractivity contribution is 7.15. The number of alkyl halides is 1. The van der Waals surface area contributed by atoms with E-state index < -0.39 is 5.82 Å². The van der Waals surface area contributed by atoms with Crippen molar-refractivity contribution >= 4 is 45.5 Å². The Bertz CT molecular complexity index is 980. The van der Waals surface area contributed by atoms with Gasteiger partial charge in [-0.15, -0.1) is 11.6 Å². The molecule has 1 aromatic carbocycles. The number of halogens is 2. The Morgan fingerprint density at radius 1 is 1.21 bits per heavy atom. The number of thiazole rings is 1. The van der Waals surface area contributed by atoms with Crippen LogP contribution in [0.2, 0.25) is 0 Å². The molecule has 0 radical (unpaired) electrons. The number of allylic oxidation sites excluding steroid dienone is 1. The van der Waals surface area contributed by atoms with E-state index in [1.54, 1.807) is 24.5 Å². The van der Waals surface area contributed by atoms with Crippen LogP contribution in [0, 0.1) is 5.82 Å². The van der Waals surface area contributed by atoms with Crippen LogP contribution < -0.4 is 16.0 Å². The monoisotopic (exact) mass is 431 g/mol.